The van der Waals surface area contributed by atoms with Crippen molar-refractivity contribution in [1.82, 2.24) is 0 Å². The van der Waals surface area contributed by atoms with Gasteiger partial charge < -0.3 is 74.4 Å². The Balaban J connectivity index is -0.00000000114. The molecule has 0 saturated heterocycles. The summed E-state index contributed by atoms with van der Waals surface area (Å²) < 4.78 is 15.7. The molecular weight excluding hydrogens is 498 g/mol. The van der Waals surface area contributed by atoms with E-state index >= 15 is 0 Å². The van der Waals surface area contributed by atoms with Gasteiger partial charge in [-0.3, -0.25) is 0 Å². The second-order valence-electron chi connectivity index (χ2n) is 0. The summed E-state index contributed by atoms with van der Waals surface area (Å²) >= 11 is 11.7. The number of thiol groups is 2. The van der Waals surface area contributed by atoms with E-state index in [0.717, 1.165) is 0 Å². The van der Waals surface area contributed by atoms with Crippen LogP contribution in [-0.2, 0) is 25.1 Å². The summed E-state index contributed by atoms with van der Waals surface area (Å²) in [5.41, 5.74) is 0. The summed E-state index contributed by atoms with van der Waals surface area (Å²) in [7, 11) is 8.67. The van der Waals surface area contributed by atoms with Crippen molar-refractivity contribution in [2.24, 2.45) is 0 Å². The van der Waals surface area contributed by atoms with E-state index in [-0.39, 0.29) is 109 Å². The van der Waals surface area contributed by atoms with Crippen LogP contribution in [0.2, 0.25) is 0 Å². The van der Waals surface area contributed by atoms with Gasteiger partial charge >= 0.3 is 34.7 Å². The first-order valence-electron chi connectivity index (χ1n) is 0.671. The minimum absolute atomic E-state index is 0. The summed E-state index contributed by atoms with van der Waals surface area (Å²) in [5.74, 6) is 0. The van der Waals surface area contributed by atoms with Gasteiger partial charge in [0.05, 0.1) is 0 Å². The van der Waals surface area contributed by atoms with E-state index in [9.17, 15) is 0 Å². The predicted molar refractivity (Wildman–Crippen MR) is 57.5 cm³/mol. The number of hydrogen-bond acceptors (Lipinski definition) is 6. The zero-order valence-electron chi connectivity index (χ0n) is 6.71. The molecule has 16 heteroatoms. The van der Waals surface area contributed by atoms with Gasteiger partial charge in [0.1, 0.15) is 0 Å². The van der Waals surface area contributed by atoms with Crippen LogP contribution in [0.4, 0.5) is 0 Å². The van der Waals surface area contributed by atoms with Crippen molar-refractivity contribution < 1.29 is 82.9 Å². The Morgan fingerprint density at radius 3 is 0.500 bits per heavy atom. The maximum Gasteiger partial charge on any atom is 3.00 e. The molecular formula is H2Al2Cl8O2S4. The van der Waals surface area contributed by atoms with Crippen LogP contribution in [0, 0.1) is 0 Å². The van der Waals surface area contributed by atoms with E-state index in [1.807, 2.05) is 0 Å². The minimum Gasteiger partial charge on any atom is -1.00 e. The monoisotopic (exact) mass is 496 g/mol. The van der Waals surface area contributed by atoms with Gasteiger partial charge in [-0.1, -0.05) is 23.7 Å². The molecule has 16 heavy (non-hydrogen) atoms. The van der Waals surface area contributed by atoms with E-state index in [1.54, 1.807) is 0 Å². The van der Waals surface area contributed by atoms with E-state index in [1.165, 1.54) is 0 Å². The zero-order chi connectivity index (χ0) is 8.00. The summed E-state index contributed by atoms with van der Waals surface area (Å²) in [6, 6.07) is 0. The van der Waals surface area contributed by atoms with Crippen molar-refractivity contribution >= 4 is 105 Å². The van der Waals surface area contributed by atoms with Gasteiger partial charge in [0.15, 0.2) is 25.1 Å². The molecule has 2 nitrogen and oxygen atoms in total. The molecule has 0 rings (SSSR count). The average molecular weight is 500 g/mol. The van der Waals surface area contributed by atoms with Crippen LogP contribution in [-0.4, -0.2) is 43.1 Å². The normalized spacial score (nSPS) is 1.25. The van der Waals surface area contributed by atoms with Crippen molar-refractivity contribution in [2.45, 2.75) is 0 Å². The van der Waals surface area contributed by atoms with Crippen molar-refractivity contribution in [3.05, 3.63) is 0 Å². The molecule has 0 heterocycles. The molecule has 0 aliphatic heterocycles. The maximum atomic E-state index is 7.83. The van der Waals surface area contributed by atoms with Crippen LogP contribution in [0.1, 0.15) is 0 Å². The summed E-state index contributed by atoms with van der Waals surface area (Å²) in [6.07, 6.45) is 0. The van der Waals surface area contributed by atoms with Crippen LogP contribution in [0.15, 0.2) is 0 Å². The Labute approximate surface area is 185 Å². The molecule has 0 aliphatic carbocycles. The number of hydrogen-bond donors (Lipinski definition) is 2. The molecule has 100 valence electrons. The molecule has 0 aromatic carbocycles. The first-order chi connectivity index (χ1) is 4.00. The van der Waals surface area contributed by atoms with Gasteiger partial charge in [-0.05, 0) is 21.4 Å². The third-order valence-electron chi connectivity index (χ3n) is 0. The topological polar surface area (TPSA) is 34.1 Å². The van der Waals surface area contributed by atoms with Crippen molar-refractivity contribution in [3.8, 4) is 0 Å². The third-order valence-corrected chi connectivity index (χ3v) is 0. The Morgan fingerprint density at radius 2 is 0.500 bits per heavy atom. The quantitative estimate of drug-likeness (QED) is 0.256. The molecule has 0 aliphatic rings. The summed E-state index contributed by atoms with van der Waals surface area (Å²) in [6.45, 7) is 0. The SMILES string of the molecule is O=S.O=S.SCl.SCl.[Al+3].[Al+3].[Cl-].[Cl-].[Cl-].[Cl-].[Cl-].[Cl-]. The van der Waals surface area contributed by atoms with Crippen LogP contribution < -0.4 is 74.4 Å². The third kappa shape index (κ3) is 312. The first kappa shape index (κ1) is 112. The Bertz CT molecular complexity index is 30.0. The largest absolute Gasteiger partial charge is 3.00 e. The Hall–Kier alpha value is 4.12. The summed E-state index contributed by atoms with van der Waals surface area (Å²) in [5, 5.41) is 0. The average Bonchev–Trinajstić information content (AvgIpc) is 2.03. The maximum absolute atomic E-state index is 7.83. The molecule has 0 spiro atoms. The van der Waals surface area contributed by atoms with Crippen LogP contribution in [0.25, 0.3) is 0 Å². The van der Waals surface area contributed by atoms with Gasteiger partial charge in [-0.25, -0.2) is 0 Å². The number of rotatable bonds is 0. The van der Waals surface area contributed by atoms with Crippen molar-refractivity contribution in [2.75, 3.05) is 0 Å². The van der Waals surface area contributed by atoms with Gasteiger partial charge in [0, 0.05) is 0 Å². The number of halogens is 8. The molecule has 0 radical (unpaired) electrons. The van der Waals surface area contributed by atoms with Crippen molar-refractivity contribution in [1.29, 1.82) is 0 Å². The minimum atomic E-state index is 0. The van der Waals surface area contributed by atoms with Gasteiger partial charge in [0.2, 0.25) is 0 Å². The first-order valence-corrected chi connectivity index (χ1v) is 4.04. The molecule has 0 N–H and O–H groups in total. The standard InChI is InChI=1S/2Al.2ClHS.6ClH.2OS/c;;2*1-2;;;;;;;2*1-2/h;;2*2H;6*1H;;/q2*+3;;;;;;;;;;/p-6. The van der Waals surface area contributed by atoms with Crippen LogP contribution in [0.3, 0.4) is 0 Å². The molecule has 0 aromatic rings. The fourth-order valence-electron chi connectivity index (χ4n) is 0. The smallest absolute Gasteiger partial charge is 1.00 e. The van der Waals surface area contributed by atoms with Gasteiger partial charge in [0.25, 0.3) is 0 Å². The molecule has 0 amide bonds. The van der Waals surface area contributed by atoms with E-state index in [0.29, 0.717) is 0 Å². The zero-order valence-corrected chi connectivity index (χ0v) is 18.5. The van der Waals surface area contributed by atoms with E-state index < -0.39 is 0 Å². The predicted octanol–water partition coefficient (Wildman–Crippen LogP) is -17.3. The van der Waals surface area contributed by atoms with Crippen LogP contribution >= 0.6 is 45.0 Å². The van der Waals surface area contributed by atoms with Crippen LogP contribution in [0.5, 0.6) is 0 Å². The fourth-order valence-corrected chi connectivity index (χ4v) is 0. The molecule has 0 saturated carbocycles. The van der Waals surface area contributed by atoms with Gasteiger partial charge in [-0.15, -0.1) is 0 Å². The van der Waals surface area contributed by atoms with Crippen molar-refractivity contribution in [3.63, 3.8) is 0 Å². The Kier molecular flexibility index (Phi) is 2570. The summed E-state index contributed by atoms with van der Waals surface area (Å²) in [4.78, 5) is 0. The fraction of sp³-hybridized carbons (Fsp3) is 0. The molecule has 0 fully saturated rings. The van der Waals surface area contributed by atoms with Gasteiger partial charge in [-0.2, -0.15) is 8.42 Å². The van der Waals surface area contributed by atoms with E-state index in [4.69, 9.17) is 8.42 Å². The van der Waals surface area contributed by atoms with E-state index in [2.05, 4.69) is 70.1 Å². The molecule has 0 aromatic heterocycles. The second-order valence-corrected chi connectivity index (χ2v) is 0. The molecule has 0 atom stereocenters. The Morgan fingerprint density at radius 1 is 0.500 bits per heavy atom. The molecule has 0 bridgehead atoms. The second kappa shape index (κ2) is 369. The molecule has 0 unspecified atom stereocenters.